The van der Waals surface area contributed by atoms with E-state index in [1.807, 2.05) is 11.9 Å². The first-order chi connectivity index (χ1) is 4.10. The lowest BCUT2D eigenvalue weighted by molar-refractivity contribution is 0.447. The normalized spacial score (nSPS) is 28.3. The van der Waals surface area contributed by atoms with Crippen molar-refractivity contribution < 1.29 is 0 Å². The van der Waals surface area contributed by atoms with Gasteiger partial charge in [0.15, 0.2) is 0 Å². The zero-order valence-corrected chi connectivity index (χ0v) is 7.29. The summed E-state index contributed by atoms with van der Waals surface area (Å²) in [6.07, 6.45) is 2.72. The summed E-state index contributed by atoms with van der Waals surface area (Å²) in [5.41, 5.74) is 0. The number of nitrogens with zero attached hydrogens (tertiary/aromatic N) is 1. The van der Waals surface area contributed by atoms with Crippen LogP contribution in [0, 0.1) is 0 Å². The largest absolute Gasteiger partial charge is 0.253 e. The van der Waals surface area contributed by atoms with E-state index in [0.717, 1.165) is 0 Å². The van der Waals surface area contributed by atoms with E-state index >= 15 is 0 Å². The van der Waals surface area contributed by atoms with Crippen molar-refractivity contribution in [2.24, 2.45) is 0 Å². The van der Waals surface area contributed by atoms with Crippen molar-refractivity contribution in [1.82, 2.24) is 4.31 Å². The van der Waals surface area contributed by atoms with E-state index in [2.05, 4.69) is 25.2 Å². The maximum Gasteiger partial charge on any atom is 0.0251 e. The zero-order valence-electron chi connectivity index (χ0n) is 6.48. The zero-order chi connectivity index (χ0) is 6.91. The average molecular weight is 145 g/mol. The van der Waals surface area contributed by atoms with Gasteiger partial charge in [-0.1, -0.05) is 11.9 Å². The molecule has 1 aliphatic rings. The van der Waals surface area contributed by atoms with Crippen LogP contribution in [0.4, 0.5) is 0 Å². The average Bonchev–Trinajstić information content (AvgIpc) is 1.60. The lowest BCUT2D eigenvalue weighted by Crippen LogP contribution is -2.29. The van der Waals surface area contributed by atoms with Gasteiger partial charge in [-0.15, -0.1) is 0 Å². The molecule has 0 aromatic rings. The molecule has 54 valence electrons. The predicted octanol–water partition coefficient (Wildman–Crippen LogP) is 2.14. The first-order valence-electron chi connectivity index (χ1n) is 3.50. The molecule has 0 saturated carbocycles. The second kappa shape index (κ2) is 2.51. The van der Waals surface area contributed by atoms with Crippen LogP contribution in [0.15, 0.2) is 0 Å². The SMILES string of the molecule is CN1CCCC(C)(C)S1. The van der Waals surface area contributed by atoms with Gasteiger partial charge < -0.3 is 0 Å². The van der Waals surface area contributed by atoms with E-state index in [9.17, 15) is 0 Å². The molecule has 0 aromatic heterocycles. The van der Waals surface area contributed by atoms with Gasteiger partial charge in [0.05, 0.1) is 0 Å². The van der Waals surface area contributed by atoms with Gasteiger partial charge in [-0.05, 0) is 33.7 Å². The van der Waals surface area contributed by atoms with E-state index < -0.39 is 0 Å². The van der Waals surface area contributed by atoms with Crippen molar-refractivity contribution in [3.8, 4) is 0 Å². The van der Waals surface area contributed by atoms with Crippen molar-refractivity contribution in [3.05, 3.63) is 0 Å². The maximum atomic E-state index is 2.34. The van der Waals surface area contributed by atoms with E-state index in [4.69, 9.17) is 0 Å². The Balaban J connectivity index is 2.41. The van der Waals surface area contributed by atoms with Gasteiger partial charge in [-0.2, -0.15) is 0 Å². The first-order valence-corrected chi connectivity index (χ1v) is 4.28. The van der Waals surface area contributed by atoms with Gasteiger partial charge in [0.2, 0.25) is 0 Å². The molecule has 0 atom stereocenters. The molecule has 0 amide bonds. The molecule has 0 aromatic carbocycles. The Kier molecular flexibility index (Phi) is 2.07. The Morgan fingerprint density at radius 3 is 2.44 bits per heavy atom. The molecule has 1 fully saturated rings. The molecule has 0 aliphatic carbocycles. The molecule has 0 radical (unpaired) electrons. The first kappa shape index (κ1) is 7.42. The Hall–Kier alpha value is 0.310. The Morgan fingerprint density at radius 1 is 1.44 bits per heavy atom. The summed E-state index contributed by atoms with van der Waals surface area (Å²) >= 11 is 1.98. The summed E-state index contributed by atoms with van der Waals surface area (Å²) in [7, 11) is 2.17. The summed E-state index contributed by atoms with van der Waals surface area (Å²) < 4.78 is 2.83. The Labute approximate surface area is 61.9 Å². The van der Waals surface area contributed by atoms with Crippen LogP contribution in [0.1, 0.15) is 26.7 Å². The van der Waals surface area contributed by atoms with Gasteiger partial charge in [0.1, 0.15) is 0 Å². The van der Waals surface area contributed by atoms with Crippen LogP contribution >= 0.6 is 11.9 Å². The summed E-state index contributed by atoms with van der Waals surface area (Å²) in [5, 5.41) is 0. The summed E-state index contributed by atoms with van der Waals surface area (Å²) in [4.78, 5) is 0. The number of hydrogen-bond donors (Lipinski definition) is 0. The minimum atomic E-state index is 0.493. The highest BCUT2D eigenvalue weighted by molar-refractivity contribution is 7.98. The van der Waals surface area contributed by atoms with Gasteiger partial charge in [0.25, 0.3) is 0 Å². The van der Waals surface area contributed by atoms with Crippen molar-refractivity contribution in [2.75, 3.05) is 13.6 Å². The molecule has 2 heteroatoms. The molecule has 9 heavy (non-hydrogen) atoms. The van der Waals surface area contributed by atoms with Crippen LogP contribution in [-0.2, 0) is 0 Å². The fourth-order valence-corrected chi connectivity index (χ4v) is 2.54. The van der Waals surface area contributed by atoms with Crippen molar-refractivity contribution in [3.63, 3.8) is 0 Å². The smallest absolute Gasteiger partial charge is 0.0251 e. The topological polar surface area (TPSA) is 3.24 Å². The van der Waals surface area contributed by atoms with Crippen LogP contribution in [0.3, 0.4) is 0 Å². The van der Waals surface area contributed by atoms with Crippen LogP contribution < -0.4 is 0 Å². The van der Waals surface area contributed by atoms with Crippen molar-refractivity contribution >= 4 is 11.9 Å². The van der Waals surface area contributed by atoms with Crippen molar-refractivity contribution in [2.45, 2.75) is 31.4 Å². The fraction of sp³-hybridized carbons (Fsp3) is 1.00. The molecule has 0 unspecified atom stereocenters. The van der Waals surface area contributed by atoms with E-state index in [1.165, 1.54) is 19.4 Å². The van der Waals surface area contributed by atoms with Gasteiger partial charge in [-0.25, -0.2) is 0 Å². The Bertz CT molecular complexity index is 101. The van der Waals surface area contributed by atoms with E-state index in [-0.39, 0.29) is 0 Å². The van der Waals surface area contributed by atoms with Gasteiger partial charge in [0, 0.05) is 11.3 Å². The van der Waals surface area contributed by atoms with Gasteiger partial charge >= 0.3 is 0 Å². The highest BCUT2D eigenvalue weighted by atomic mass is 32.2. The lowest BCUT2D eigenvalue weighted by atomic mass is 10.1. The molecule has 1 rings (SSSR count). The standard InChI is InChI=1S/C7H15NS/c1-7(2)5-4-6-8(3)9-7/h4-6H2,1-3H3. The molecule has 1 aliphatic heterocycles. The number of hydrogen-bond acceptors (Lipinski definition) is 2. The molecule has 1 heterocycles. The second-order valence-electron chi connectivity index (χ2n) is 3.31. The third-order valence-electron chi connectivity index (χ3n) is 1.65. The molecule has 0 N–H and O–H groups in total. The fourth-order valence-electron chi connectivity index (χ4n) is 1.24. The molecule has 1 nitrogen and oxygen atoms in total. The molecule has 0 bridgehead atoms. The van der Waals surface area contributed by atoms with Crippen LogP contribution in [0.5, 0.6) is 0 Å². The monoisotopic (exact) mass is 145 g/mol. The summed E-state index contributed by atoms with van der Waals surface area (Å²) in [5.74, 6) is 0. The third kappa shape index (κ3) is 2.18. The minimum absolute atomic E-state index is 0.493. The molecule has 0 spiro atoms. The Morgan fingerprint density at radius 2 is 2.11 bits per heavy atom. The van der Waals surface area contributed by atoms with E-state index in [0.29, 0.717) is 4.75 Å². The van der Waals surface area contributed by atoms with Crippen LogP contribution in [0.25, 0.3) is 0 Å². The van der Waals surface area contributed by atoms with Crippen LogP contribution in [0.2, 0.25) is 0 Å². The number of rotatable bonds is 0. The molecule has 1 saturated heterocycles. The molecular formula is C7H15NS. The van der Waals surface area contributed by atoms with E-state index in [1.54, 1.807) is 0 Å². The predicted molar refractivity (Wildman–Crippen MR) is 43.5 cm³/mol. The van der Waals surface area contributed by atoms with Crippen LogP contribution in [-0.4, -0.2) is 22.6 Å². The maximum absolute atomic E-state index is 2.34. The summed E-state index contributed by atoms with van der Waals surface area (Å²) in [6.45, 7) is 5.88. The van der Waals surface area contributed by atoms with Crippen molar-refractivity contribution in [1.29, 1.82) is 0 Å². The molecular weight excluding hydrogens is 130 g/mol. The quantitative estimate of drug-likeness (QED) is 0.480. The van der Waals surface area contributed by atoms with Gasteiger partial charge in [-0.3, -0.25) is 4.31 Å². The highest BCUT2D eigenvalue weighted by Crippen LogP contribution is 2.35. The second-order valence-corrected chi connectivity index (χ2v) is 5.22. The third-order valence-corrected chi connectivity index (χ3v) is 2.85. The minimum Gasteiger partial charge on any atom is -0.253 e. The summed E-state index contributed by atoms with van der Waals surface area (Å²) in [6, 6.07) is 0. The lowest BCUT2D eigenvalue weighted by Gasteiger charge is -2.34. The highest BCUT2D eigenvalue weighted by Gasteiger charge is 2.24.